The maximum atomic E-state index is 12.5. The molecule has 0 unspecified atom stereocenters. The molecule has 0 fully saturated rings. The normalized spacial score (nSPS) is 12.6. The molecule has 1 aromatic carbocycles. The van der Waals surface area contributed by atoms with Gasteiger partial charge in [-0.1, -0.05) is 0 Å². The topological polar surface area (TPSA) is 97.5 Å². The van der Waals surface area contributed by atoms with E-state index < -0.39 is 0 Å². The fraction of sp³-hybridized carbons (Fsp3) is 0.412. The molecule has 1 aromatic heterocycles. The molecule has 0 saturated carbocycles. The van der Waals surface area contributed by atoms with E-state index >= 15 is 0 Å². The van der Waals surface area contributed by atoms with Crippen LogP contribution in [0.5, 0.6) is 17.2 Å². The van der Waals surface area contributed by atoms with Gasteiger partial charge in [-0.15, -0.1) is 12.4 Å². The first-order chi connectivity index (χ1) is 12.2. The lowest BCUT2D eigenvalue weighted by atomic mass is 10.1. The van der Waals surface area contributed by atoms with Crippen LogP contribution in [0.1, 0.15) is 27.3 Å². The van der Waals surface area contributed by atoms with Gasteiger partial charge >= 0.3 is 0 Å². The van der Waals surface area contributed by atoms with Crippen molar-refractivity contribution < 1.29 is 19.0 Å². The lowest BCUT2D eigenvalue weighted by Gasteiger charge is -2.15. The van der Waals surface area contributed by atoms with Crippen molar-refractivity contribution in [3.63, 3.8) is 0 Å². The summed E-state index contributed by atoms with van der Waals surface area (Å²) in [4.78, 5) is 12.5. The van der Waals surface area contributed by atoms with Gasteiger partial charge < -0.3 is 24.8 Å². The van der Waals surface area contributed by atoms with Gasteiger partial charge in [0.2, 0.25) is 5.75 Å². The molecular formula is C17H23ClN4O4. The molecular weight excluding hydrogens is 360 g/mol. The molecule has 0 atom stereocenters. The van der Waals surface area contributed by atoms with Gasteiger partial charge in [-0.25, -0.2) is 0 Å². The van der Waals surface area contributed by atoms with Crippen molar-refractivity contribution >= 4 is 18.3 Å². The van der Waals surface area contributed by atoms with Gasteiger partial charge in [-0.3, -0.25) is 9.89 Å². The number of nitrogens with one attached hydrogen (secondary N) is 3. The van der Waals surface area contributed by atoms with Crippen molar-refractivity contribution in [2.45, 2.75) is 19.5 Å². The fourth-order valence-corrected chi connectivity index (χ4v) is 2.92. The number of aromatic amines is 1. The van der Waals surface area contributed by atoms with E-state index in [9.17, 15) is 4.79 Å². The van der Waals surface area contributed by atoms with Crippen LogP contribution in [-0.2, 0) is 19.5 Å². The van der Waals surface area contributed by atoms with Gasteiger partial charge in [0.05, 0.1) is 21.3 Å². The maximum absolute atomic E-state index is 12.5. The number of H-pyrrole nitrogens is 1. The highest BCUT2D eigenvalue weighted by atomic mass is 35.5. The Kier molecular flexibility index (Phi) is 6.70. The standard InChI is InChI=1S/C17H22N4O4.ClH/c1-23-13-6-10(7-14(24-2)16(13)25-3)8-19-17(22)15-11-9-18-5-4-12(11)20-21-15;/h6-7,18H,4-5,8-9H2,1-3H3,(H,19,22)(H,20,21);1H. The van der Waals surface area contributed by atoms with Gasteiger partial charge in [-0.05, 0) is 17.7 Å². The summed E-state index contributed by atoms with van der Waals surface area (Å²) < 4.78 is 16.0. The molecule has 1 aliphatic heterocycles. The molecule has 3 rings (SSSR count). The zero-order valence-electron chi connectivity index (χ0n) is 15.0. The number of benzene rings is 1. The van der Waals surface area contributed by atoms with Gasteiger partial charge in [0, 0.05) is 37.3 Å². The van der Waals surface area contributed by atoms with Crippen LogP contribution >= 0.6 is 12.4 Å². The van der Waals surface area contributed by atoms with E-state index in [4.69, 9.17) is 14.2 Å². The third-order valence-corrected chi connectivity index (χ3v) is 4.20. The van der Waals surface area contributed by atoms with Crippen molar-refractivity contribution in [1.29, 1.82) is 0 Å². The fourth-order valence-electron chi connectivity index (χ4n) is 2.92. The molecule has 9 heteroatoms. The lowest BCUT2D eigenvalue weighted by Crippen LogP contribution is -2.28. The van der Waals surface area contributed by atoms with Crippen LogP contribution in [0.4, 0.5) is 0 Å². The molecule has 0 saturated heterocycles. The Labute approximate surface area is 158 Å². The smallest absolute Gasteiger partial charge is 0.272 e. The molecule has 0 spiro atoms. The number of rotatable bonds is 6. The molecule has 3 N–H and O–H groups in total. The number of hydrogen-bond acceptors (Lipinski definition) is 6. The molecule has 142 valence electrons. The Morgan fingerprint density at radius 3 is 2.50 bits per heavy atom. The highest BCUT2D eigenvalue weighted by molar-refractivity contribution is 5.94. The summed E-state index contributed by atoms with van der Waals surface area (Å²) in [7, 11) is 4.67. The number of hydrogen-bond donors (Lipinski definition) is 3. The van der Waals surface area contributed by atoms with E-state index in [1.165, 1.54) is 0 Å². The highest BCUT2D eigenvalue weighted by Gasteiger charge is 2.21. The number of nitrogens with zero attached hydrogens (tertiary/aromatic N) is 1. The Morgan fingerprint density at radius 1 is 1.19 bits per heavy atom. The van der Waals surface area contributed by atoms with E-state index in [0.717, 1.165) is 29.8 Å². The quantitative estimate of drug-likeness (QED) is 0.699. The molecule has 0 aliphatic carbocycles. The number of halogens is 1. The van der Waals surface area contributed by atoms with Gasteiger partial charge in [0.15, 0.2) is 17.2 Å². The maximum Gasteiger partial charge on any atom is 0.272 e. The minimum Gasteiger partial charge on any atom is -0.493 e. The summed E-state index contributed by atoms with van der Waals surface area (Å²) in [5, 5.41) is 13.3. The van der Waals surface area contributed by atoms with Crippen LogP contribution < -0.4 is 24.8 Å². The van der Waals surface area contributed by atoms with E-state index in [1.807, 2.05) is 12.1 Å². The van der Waals surface area contributed by atoms with Crippen molar-refractivity contribution in [2.75, 3.05) is 27.9 Å². The number of aromatic nitrogens is 2. The summed E-state index contributed by atoms with van der Waals surface area (Å²) in [6.07, 6.45) is 0.850. The average molecular weight is 383 g/mol. The van der Waals surface area contributed by atoms with Crippen LogP contribution in [-0.4, -0.2) is 44.0 Å². The first-order valence-corrected chi connectivity index (χ1v) is 8.01. The predicted molar refractivity (Wildman–Crippen MR) is 98.5 cm³/mol. The van der Waals surface area contributed by atoms with Gasteiger partial charge in [0.25, 0.3) is 5.91 Å². The Morgan fingerprint density at radius 2 is 1.88 bits per heavy atom. The zero-order valence-corrected chi connectivity index (χ0v) is 15.8. The monoisotopic (exact) mass is 382 g/mol. The molecule has 0 radical (unpaired) electrons. The molecule has 2 aromatic rings. The molecule has 26 heavy (non-hydrogen) atoms. The molecule has 1 amide bonds. The Balaban J connectivity index is 0.00000243. The summed E-state index contributed by atoms with van der Waals surface area (Å²) in [5.41, 5.74) is 3.24. The van der Waals surface area contributed by atoms with Crippen LogP contribution in [0.3, 0.4) is 0 Å². The SMILES string of the molecule is COc1cc(CNC(=O)c2n[nH]c3c2CNCC3)cc(OC)c1OC.Cl. The van der Waals surface area contributed by atoms with Crippen molar-refractivity contribution in [3.8, 4) is 17.2 Å². The second-order valence-electron chi connectivity index (χ2n) is 5.67. The molecule has 2 heterocycles. The van der Waals surface area contributed by atoms with Crippen molar-refractivity contribution in [2.24, 2.45) is 0 Å². The highest BCUT2D eigenvalue weighted by Crippen LogP contribution is 2.38. The van der Waals surface area contributed by atoms with Crippen LogP contribution in [0.15, 0.2) is 12.1 Å². The average Bonchev–Trinajstić information content (AvgIpc) is 3.09. The van der Waals surface area contributed by atoms with Gasteiger partial charge in [0.1, 0.15) is 0 Å². The second-order valence-corrected chi connectivity index (χ2v) is 5.67. The Bertz CT molecular complexity index is 753. The van der Waals surface area contributed by atoms with Crippen LogP contribution in [0, 0.1) is 0 Å². The number of fused-ring (bicyclic) bond motifs is 1. The third-order valence-electron chi connectivity index (χ3n) is 4.20. The van der Waals surface area contributed by atoms with E-state index in [1.54, 1.807) is 21.3 Å². The zero-order chi connectivity index (χ0) is 17.8. The number of carbonyl (C=O) groups is 1. The largest absolute Gasteiger partial charge is 0.493 e. The molecule has 8 nitrogen and oxygen atoms in total. The number of amides is 1. The Hall–Kier alpha value is -2.45. The summed E-state index contributed by atoms with van der Waals surface area (Å²) in [6, 6.07) is 3.62. The van der Waals surface area contributed by atoms with Crippen molar-refractivity contribution in [1.82, 2.24) is 20.8 Å². The third kappa shape index (κ3) is 3.86. The van der Waals surface area contributed by atoms with Crippen LogP contribution in [0.2, 0.25) is 0 Å². The van der Waals surface area contributed by atoms with Crippen LogP contribution in [0.25, 0.3) is 0 Å². The predicted octanol–water partition coefficient (Wildman–Crippen LogP) is 1.43. The summed E-state index contributed by atoms with van der Waals surface area (Å²) in [6.45, 7) is 1.87. The number of ether oxygens (including phenoxy) is 3. The first-order valence-electron chi connectivity index (χ1n) is 8.01. The van der Waals surface area contributed by atoms with E-state index in [2.05, 4.69) is 20.8 Å². The summed E-state index contributed by atoms with van der Waals surface area (Å²) in [5.74, 6) is 1.40. The minimum absolute atomic E-state index is 0. The summed E-state index contributed by atoms with van der Waals surface area (Å²) >= 11 is 0. The minimum atomic E-state index is -0.213. The number of methoxy groups -OCH3 is 3. The van der Waals surface area contributed by atoms with E-state index in [0.29, 0.717) is 36.0 Å². The van der Waals surface area contributed by atoms with Gasteiger partial charge in [-0.2, -0.15) is 5.10 Å². The van der Waals surface area contributed by atoms with E-state index in [-0.39, 0.29) is 18.3 Å². The lowest BCUT2D eigenvalue weighted by molar-refractivity contribution is 0.0944. The molecule has 0 bridgehead atoms. The second kappa shape index (κ2) is 8.77. The first kappa shape index (κ1) is 19.9. The molecule has 1 aliphatic rings. The van der Waals surface area contributed by atoms with Crippen molar-refractivity contribution in [3.05, 3.63) is 34.6 Å². The number of carbonyl (C=O) groups excluding carboxylic acids is 1.